The van der Waals surface area contributed by atoms with E-state index in [9.17, 15) is 14.4 Å². The standard InChI is InChI=1S/C14H25N3O5/c1-14(2,3)22-13(20)16-9-10(12(19)21-4)17-7-5-11(18)15-6-8-17/h10H,5-9H2,1-4H3,(H,15,18)(H,16,20)/t10-/m1/s1. The molecule has 2 N–H and O–H groups in total. The van der Waals surface area contributed by atoms with Crippen molar-refractivity contribution in [1.29, 1.82) is 0 Å². The molecular weight excluding hydrogens is 290 g/mol. The molecule has 0 bridgehead atoms. The summed E-state index contributed by atoms with van der Waals surface area (Å²) in [6.07, 6.45) is -0.287. The first-order chi connectivity index (χ1) is 10.2. The van der Waals surface area contributed by atoms with Gasteiger partial charge in [0.1, 0.15) is 11.6 Å². The molecule has 2 amide bonds. The molecule has 0 unspecified atom stereocenters. The van der Waals surface area contributed by atoms with Crippen molar-refractivity contribution < 1.29 is 23.9 Å². The number of ether oxygens (including phenoxy) is 2. The normalized spacial score (nSPS) is 17.9. The zero-order valence-electron chi connectivity index (χ0n) is 13.6. The van der Waals surface area contributed by atoms with E-state index in [4.69, 9.17) is 9.47 Å². The zero-order valence-corrected chi connectivity index (χ0v) is 13.6. The van der Waals surface area contributed by atoms with E-state index in [1.807, 2.05) is 4.90 Å². The van der Waals surface area contributed by atoms with E-state index in [1.54, 1.807) is 20.8 Å². The van der Waals surface area contributed by atoms with Gasteiger partial charge in [-0.05, 0) is 20.8 Å². The molecular formula is C14H25N3O5. The Labute approximate surface area is 130 Å². The van der Waals surface area contributed by atoms with Crippen molar-refractivity contribution in [3.8, 4) is 0 Å². The van der Waals surface area contributed by atoms with Crippen LogP contribution in [0, 0.1) is 0 Å². The van der Waals surface area contributed by atoms with Crippen LogP contribution in [0.5, 0.6) is 0 Å². The number of nitrogens with zero attached hydrogens (tertiary/aromatic N) is 1. The Hall–Kier alpha value is -1.83. The third-order valence-corrected chi connectivity index (χ3v) is 3.10. The molecule has 0 aromatic carbocycles. The fraction of sp³-hybridized carbons (Fsp3) is 0.786. The molecule has 0 radical (unpaired) electrons. The molecule has 8 heteroatoms. The molecule has 1 fully saturated rings. The Bertz CT molecular complexity index is 419. The van der Waals surface area contributed by atoms with Gasteiger partial charge in [0.05, 0.1) is 7.11 Å². The number of carbonyl (C=O) groups is 3. The Morgan fingerprint density at radius 1 is 1.36 bits per heavy atom. The number of alkyl carbamates (subject to hydrolysis) is 1. The minimum absolute atomic E-state index is 0.0498. The van der Waals surface area contributed by atoms with Gasteiger partial charge in [-0.2, -0.15) is 0 Å². The van der Waals surface area contributed by atoms with Crippen molar-refractivity contribution in [2.24, 2.45) is 0 Å². The summed E-state index contributed by atoms with van der Waals surface area (Å²) in [6.45, 7) is 6.75. The number of methoxy groups -OCH3 is 1. The van der Waals surface area contributed by atoms with Crippen molar-refractivity contribution in [1.82, 2.24) is 15.5 Å². The number of hydrogen-bond donors (Lipinski definition) is 2. The number of hydrogen-bond acceptors (Lipinski definition) is 6. The highest BCUT2D eigenvalue weighted by Crippen LogP contribution is 2.08. The van der Waals surface area contributed by atoms with Crippen LogP contribution in [0.25, 0.3) is 0 Å². The van der Waals surface area contributed by atoms with Crippen LogP contribution >= 0.6 is 0 Å². The van der Waals surface area contributed by atoms with Gasteiger partial charge in [-0.25, -0.2) is 4.79 Å². The molecule has 8 nitrogen and oxygen atoms in total. The molecule has 0 aliphatic carbocycles. The van der Waals surface area contributed by atoms with E-state index in [0.29, 0.717) is 26.1 Å². The molecule has 0 aromatic rings. The van der Waals surface area contributed by atoms with Crippen LogP contribution in [0.15, 0.2) is 0 Å². The minimum atomic E-state index is -0.648. The van der Waals surface area contributed by atoms with Crippen LogP contribution in [0.2, 0.25) is 0 Å². The van der Waals surface area contributed by atoms with Gasteiger partial charge in [0.25, 0.3) is 0 Å². The van der Waals surface area contributed by atoms with Crippen molar-refractivity contribution >= 4 is 18.0 Å². The number of esters is 1. The fourth-order valence-electron chi connectivity index (χ4n) is 2.09. The van der Waals surface area contributed by atoms with Crippen molar-refractivity contribution in [2.45, 2.75) is 38.8 Å². The summed E-state index contributed by atoms with van der Waals surface area (Å²) in [6, 6.07) is -0.648. The predicted octanol–water partition coefficient (Wildman–Crippen LogP) is -0.125. The molecule has 1 rings (SSSR count). The summed E-state index contributed by atoms with van der Waals surface area (Å²) in [7, 11) is 1.30. The first-order valence-electron chi connectivity index (χ1n) is 7.28. The first-order valence-corrected chi connectivity index (χ1v) is 7.28. The topological polar surface area (TPSA) is 97.0 Å². The highest BCUT2D eigenvalue weighted by atomic mass is 16.6. The summed E-state index contributed by atoms with van der Waals surface area (Å²) in [5.74, 6) is -0.503. The third kappa shape index (κ3) is 6.30. The molecule has 1 saturated heterocycles. The van der Waals surface area contributed by atoms with E-state index in [1.165, 1.54) is 7.11 Å². The average Bonchev–Trinajstić information content (AvgIpc) is 2.62. The van der Waals surface area contributed by atoms with Gasteiger partial charge in [0.2, 0.25) is 5.91 Å². The van der Waals surface area contributed by atoms with Crippen LogP contribution < -0.4 is 10.6 Å². The highest BCUT2D eigenvalue weighted by Gasteiger charge is 2.29. The minimum Gasteiger partial charge on any atom is -0.468 e. The Morgan fingerprint density at radius 3 is 2.64 bits per heavy atom. The Balaban J connectivity index is 2.63. The fourth-order valence-corrected chi connectivity index (χ4v) is 2.09. The smallest absolute Gasteiger partial charge is 0.407 e. The molecule has 126 valence electrons. The molecule has 1 aliphatic heterocycles. The van der Waals surface area contributed by atoms with Gasteiger partial charge in [0, 0.05) is 32.6 Å². The van der Waals surface area contributed by atoms with Crippen LogP contribution in [0.3, 0.4) is 0 Å². The van der Waals surface area contributed by atoms with Gasteiger partial charge < -0.3 is 20.1 Å². The molecule has 22 heavy (non-hydrogen) atoms. The predicted molar refractivity (Wildman–Crippen MR) is 79.2 cm³/mol. The van der Waals surface area contributed by atoms with E-state index in [2.05, 4.69) is 10.6 Å². The number of carbonyl (C=O) groups excluding carboxylic acids is 3. The number of nitrogens with one attached hydrogen (secondary N) is 2. The van der Waals surface area contributed by atoms with Crippen molar-refractivity contribution in [3.05, 3.63) is 0 Å². The lowest BCUT2D eigenvalue weighted by Crippen LogP contribution is -2.50. The van der Waals surface area contributed by atoms with Crippen molar-refractivity contribution in [2.75, 3.05) is 33.3 Å². The quantitative estimate of drug-likeness (QED) is 0.702. The summed E-state index contributed by atoms with van der Waals surface area (Å²) < 4.78 is 9.93. The van der Waals surface area contributed by atoms with Gasteiger partial charge in [-0.1, -0.05) is 0 Å². The van der Waals surface area contributed by atoms with Gasteiger partial charge >= 0.3 is 12.1 Å². The van der Waals surface area contributed by atoms with E-state index in [0.717, 1.165) is 0 Å². The zero-order chi connectivity index (χ0) is 16.8. The third-order valence-electron chi connectivity index (χ3n) is 3.10. The molecule has 0 spiro atoms. The van der Waals surface area contributed by atoms with E-state index >= 15 is 0 Å². The molecule has 1 heterocycles. The Morgan fingerprint density at radius 2 is 2.05 bits per heavy atom. The van der Waals surface area contributed by atoms with Crippen molar-refractivity contribution in [3.63, 3.8) is 0 Å². The monoisotopic (exact) mass is 315 g/mol. The number of rotatable bonds is 4. The molecule has 0 saturated carbocycles. The summed E-state index contributed by atoms with van der Waals surface area (Å²) in [4.78, 5) is 36.8. The molecule has 1 atom stereocenters. The van der Waals surface area contributed by atoms with Gasteiger partial charge in [-0.3, -0.25) is 14.5 Å². The van der Waals surface area contributed by atoms with E-state index < -0.39 is 23.7 Å². The lowest BCUT2D eigenvalue weighted by atomic mass is 10.2. The molecule has 1 aliphatic rings. The highest BCUT2D eigenvalue weighted by molar-refractivity contribution is 5.78. The first kappa shape index (κ1) is 18.2. The van der Waals surface area contributed by atoms with Crippen LogP contribution in [0.1, 0.15) is 27.2 Å². The maximum Gasteiger partial charge on any atom is 0.407 e. The second-order valence-corrected chi connectivity index (χ2v) is 6.06. The maximum absolute atomic E-state index is 11.9. The van der Waals surface area contributed by atoms with Crippen LogP contribution in [-0.2, 0) is 19.1 Å². The lowest BCUT2D eigenvalue weighted by Gasteiger charge is -2.28. The Kier molecular flexibility index (Phi) is 6.61. The van der Waals surface area contributed by atoms with Crippen LogP contribution in [0.4, 0.5) is 4.79 Å². The number of amides is 2. The van der Waals surface area contributed by atoms with Gasteiger partial charge in [-0.15, -0.1) is 0 Å². The van der Waals surface area contributed by atoms with E-state index in [-0.39, 0.29) is 12.5 Å². The maximum atomic E-state index is 11.9. The van der Waals surface area contributed by atoms with Gasteiger partial charge in [0.15, 0.2) is 0 Å². The summed E-state index contributed by atoms with van der Waals surface area (Å²) >= 11 is 0. The summed E-state index contributed by atoms with van der Waals surface area (Å²) in [5.41, 5.74) is -0.607. The molecule has 0 aromatic heterocycles. The second-order valence-electron chi connectivity index (χ2n) is 6.06. The SMILES string of the molecule is COC(=O)[C@@H](CNC(=O)OC(C)(C)C)N1CCNC(=O)CC1. The lowest BCUT2D eigenvalue weighted by molar-refractivity contribution is -0.146. The summed E-state index contributed by atoms with van der Waals surface area (Å²) in [5, 5.41) is 5.31. The average molecular weight is 315 g/mol. The van der Waals surface area contributed by atoms with Crippen LogP contribution in [-0.4, -0.2) is 67.8 Å². The second kappa shape index (κ2) is 7.98. The largest absolute Gasteiger partial charge is 0.468 e.